The van der Waals surface area contributed by atoms with Crippen LogP contribution in [0.2, 0.25) is 5.02 Å². The Kier molecular flexibility index (Phi) is 4.45. The predicted molar refractivity (Wildman–Crippen MR) is 74.5 cm³/mol. The summed E-state index contributed by atoms with van der Waals surface area (Å²) in [5.41, 5.74) is 1.90. The van der Waals surface area contributed by atoms with Crippen molar-refractivity contribution in [3.05, 3.63) is 46.3 Å². The topological polar surface area (TPSA) is 47.3 Å². The third-order valence-electron chi connectivity index (χ3n) is 2.92. The normalized spacial score (nSPS) is 12.4. The largest absolute Gasteiger partial charge is 0.496 e. The highest BCUT2D eigenvalue weighted by Crippen LogP contribution is 2.28. The lowest BCUT2D eigenvalue weighted by atomic mass is 10.1. The second kappa shape index (κ2) is 6.08. The lowest BCUT2D eigenvalue weighted by molar-refractivity contribution is 0.383. The van der Waals surface area contributed by atoms with Crippen LogP contribution in [0.25, 0.3) is 0 Å². The molecule has 1 aromatic carbocycles. The molecule has 2 rings (SSSR count). The van der Waals surface area contributed by atoms with Crippen molar-refractivity contribution in [2.75, 3.05) is 7.11 Å². The number of hydrogen-bond donors (Lipinski definition) is 1. The molecule has 1 N–H and O–H groups in total. The first-order valence-corrected chi connectivity index (χ1v) is 6.47. The zero-order valence-electron chi connectivity index (χ0n) is 11.2. The van der Waals surface area contributed by atoms with Crippen molar-refractivity contribution >= 4 is 11.6 Å². The Balaban J connectivity index is 2.06. The van der Waals surface area contributed by atoms with Crippen LogP contribution in [0.15, 0.2) is 28.8 Å². The quantitative estimate of drug-likeness (QED) is 0.911. The summed E-state index contributed by atoms with van der Waals surface area (Å²) in [5, 5.41) is 8.01. The van der Waals surface area contributed by atoms with Gasteiger partial charge in [0, 0.05) is 29.2 Å². The van der Waals surface area contributed by atoms with E-state index in [1.54, 1.807) is 7.11 Å². The molecule has 1 aromatic heterocycles. The van der Waals surface area contributed by atoms with Gasteiger partial charge in [0.25, 0.3) is 0 Å². The summed E-state index contributed by atoms with van der Waals surface area (Å²) in [6.07, 6.45) is 0. The number of benzene rings is 1. The van der Waals surface area contributed by atoms with Crippen molar-refractivity contribution in [1.29, 1.82) is 0 Å². The number of nitrogens with zero attached hydrogens (tertiary/aromatic N) is 1. The van der Waals surface area contributed by atoms with E-state index in [9.17, 15) is 0 Å². The van der Waals surface area contributed by atoms with E-state index in [0.717, 1.165) is 22.8 Å². The number of aryl methyl sites for hydroxylation is 1. The molecule has 4 nitrogen and oxygen atoms in total. The molecule has 0 saturated carbocycles. The van der Waals surface area contributed by atoms with E-state index in [0.29, 0.717) is 11.6 Å². The van der Waals surface area contributed by atoms with Gasteiger partial charge in [-0.2, -0.15) is 0 Å². The van der Waals surface area contributed by atoms with Crippen molar-refractivity contribution in [3.8, 4) is 5.75 Å². The van der Waals surface area contributed by atoms with Crippen molar-refractivity contribution < 1.29 is 9.26 Å². The number of rotatable bonds is 5. The standard InChI is InChI=1S/C14H17ClN2O2/c1-9-6-12(17-19-9)8-16-10(2)13-7-11(15)4-5-14(13)18-3/h4-7,10,16H,8H2,1-3H3. The molecule has 0 aliphatic carbocycles. The molecule has 102 valence electrons. The summed E-state index contributed by atoms with van der Waals surface area (Å²) < 4.78 is 10.4. The minimum absolute atomic E-state index is 0.102. The van der Waals surface area contributed by atoms with Crippen LogP contribution in [0, 0.1) is 6.92 Å². The van der Waals surface area contributed by atoms with E-state index in [4.69, 9.17) is 20.9 Å². The van der Waals surface area contributed by atoms with Crippen LogP contribution in [-0.4, -0.2) is 12.3 Å². The van der Waals surface area contributed by atoms with E-state index in [1.807, 2.05) is 31.2 Å². The molecule has 0 bridgehead atoms. The maximum absolute atomic E-state index is 6.03. The van der Waals surface area contributed by atoms with Gasteiger partial charge in [0.05, 0.1) is 12.8 Å². The summed E-state index contributed by atoms with van der Waals surface area (Å²) in [4.78, 5) is 0. The lowest BCUT2D eigenvalue weighted by Crippen LogP contribution is -2.18. The number of halogens is 1. The van der Waals surface area contributed by atoms with E-state index in [-0.39, 0.29) is 6.04 Å². The third-order valence-corrected chi connectivity index (χ3v) is 3.16. The lowest BCUT2D eigenvalue weighted by Gasteiger charge is -2.17. The maximum Gasteiger partial charge on any atom is 0.133 e. The number of ether oxygens (including phenoxy) is 1. The molecular weight excluding hydrogens is 264 g/mol. The van der Waals surface area contributed by atoms with Gasteiger partial charge in [-0.3, -0.25) is 0 Å². The monoisotopic (exact) mass is 280 g/mol. The average molecular weight is 281 g/mol. The fraction of sp³-hybridized carbons (Fsp3) is 0.357. The molecule has 0 amide bonds. The Morgan fingerprint density at radius 2 is 2.21 bits per heavy atom. The Bertz CT molecular complexity index is 554. The molecule has 0 aliphatic rings. The summed E-state index contributed by atoms with van der Waals surface area (Å²) in [7, 11) is 1.65. The van der Waals surface area contributed by atoms with E-state index in [2.05, 4.69) is 17.4 Å². The van der Waals surface area contributed by atoms with Gasteiger partial charge in [-0.05, 0) is 32.0 Å². The number of nitrogens with one attached hydrogen (secondary N) is 1. The fourth-order valence-electron chi connectivity index (χ4n) is 1.91. The van der Waals surface area contributed by atoms with Crippen molar-refractivity contribution in [3.63, 3.8) is 0 Å². The smallest absolute Gasteiger partial charge is 0.133 e. The molecule has 2 aromatic rings. The average Bonchev–Trinajstić information content (AvgIpc) is 2.81. The predicted octanol–water partition coefficient (Wildman–Crippen LogP) is 3.50. The molecule has 0 spiro atoms. The fourth-order valence-corrected chi connectivity index (χ4v) is 2.09. The first-order chi connectivity index (χ1) is 9.10. The Morgan fingerprint density at radius 3 is 2.84 bits per heavy atom. The van der Waals surface area contributed by atoms with Gasteiger partial charge >= 0.3 is 0 Å². The van der Waals surface area contributed by atoms with E-state index >= 15 is 0 Å². The van der Waals surface area contributed by atoms with Crippen molar-refractivity contribution in [2.45, 2.75) is 26.4 Å². The van der Waals surface area contributed by atoms with Crippen LogP contribution < -0.4 is 10.1 Å². The molecule has 5 heteroatoms. The van der Waals surface area contributed by atoms with Crippen LogP contribution >= 0.6 is 11.6 Å². The van der Waals surface area contributed by atoms with Crippen LogP contribution in [0.1, 0.15) is 30.0 Å². The highest BCUT2D eigenvalue weighted by molar-refractivity contribution is 6.30. The molecule has 1 heterocycles. The molecular formula is C14H17ClN2O2. The zero-order valence-corrected chi connectivity index (χ0v) is 12.0. The highest BCUT2D eigenvalue weighted by Gasteiger charge is 2.12. The van der Waals surface area contributed by atoms with Crippen molar-refractivity contribution in [1.82, 2.24) is 10.5 Å². The van der Waals surface area contributed by atoms with Crippen LogP contribution in [0.5, 0.6) is 5.75 Å². The van der Waals surface area contributed by atoms with Gasteiger partial charge in [-0.15, -0.1) is 0 Å². The van der Waals surface area contributed by atoms with Gasteiger partial charge in [-0.1, -0.05) is 16.8 Å². The summed E-state index contributed by atoms with van der Waals surface area (Å²) in [6, 6.07) is 7.61. The Hall–Kier alpha value is -1.52. The SMILES string of the molecule is COc1ccc(Cl)cc1C(C)NCc1cc(C)on1. The summed E-state index contributed by atoms with van der Waals surface area (Å²) >= 11 is 6.03. The summed E-state index contributed by atoms with van der Waals surface area (Å²) in [5.74, 6) is 1.63. The molecule has 1 atom stereocenters. The third kappa shape index (κ3) is 3.49. The molecule has 1 unspecified atom stereocenters. The number of hydrogen-bond acceptors (Lipinski definition) is 4. The van der Waals surface area contributed by atoms with Crippen LogP contribution in [0.4, 0.5) is 0 Å². The molecule has 0 saturated heterocycles. The first kappa shape index (κ1) is 13.9. The number of methoxy groups -OCH3 is 1. The second-order valence-electron chi connectivity index (χ2n) is 4.42. The Morgan fingerprint density at radius 1 is 1.42 bits per heavy atom. The van der Waals surface area contributed by atoms with Gasteiger partial charge in [0.1, 0.15) is 11.5 Å². The van der Waals surface area contributed by atoms with E-state index in [1.165, 1.54) is 0 Å². The molecule has 0 radical (unpaired) electrons. The number of aromatic nitrogens is 1. The first-order valence-electron chi connectivity index (χ1n) is 6.09. The molecule has 0 aliphatic heterocycles. The van der Waals surface area contributed by atoms with E-state index < -0.39 is 0 Å². The highest BCUT2D eigenvalue weighted by atomic mass is 35.5. The van der Waals surface area contributed by atoms with Gasteiger partial charge in [0.2, 0.25) is 0 Å². The second-order valence-corrected chi connectivity index (χ2v) is 4.85. The van der Waals surface area contributed by atoms with Gasteiger partial charge in [-0.25, -0.2) is 0 Å². The van der Waals surface area contributed by atoms with Crippen molar-refractivity contribution in [2.24, 2.45) is 0 Å². The minimum Gasteiger partial charge on any atom is -0.496 e. The minimum atomic E-state index is 0.102. The van der Waals surface area contributed by atoms with Crippen LogP contribution in [0.3, 0.4) is 0 Å². The van der Waals surface area contributed by atoms with Gasteiger partial charge < -0.3 is 14.6 Å². The van der Waals surface area contributed by atoms with Crippen LogP contribution in [-0.2, 0) is 6.54 Å². The molecule has 0 fully saturated rings. The van der Waals surface area contributed by atoms with Gasteiger partial charge in [0.15, 0.2) is 0 Å². The Labute approximate surface area is 117 Å². The summed E-state index contributed by atoms with van der Waals surface area (Å²) in [6.45, 7) is 4.56. The maximum atomic E-state index is 6.03. The molecule has 19 heavy (non-hydrogen) atoms. The zero-order chi connectivity index (χ0) is 13.8.